The van der Waals surface area contributed by atoms with Crippen LogP contribution in [0.3, 0.4) is 0 Å². The van der Waals surface area contributed by atoms with Gasteiger partial charge in [0.2, 0.25) is 0 Å². The molecule has 2 amide bonds. The summed E-state index contributed by atoms with van der Waals surface area (Å²) in [6.45, 7) is 4.10. The molecule has 1 aliphatic carbocycles. The molecule has 0 aliphatic heterocycles. The first-order chi connectivity index (χ1) is 17.7. The van der Waals surface area contributed by atoms with E-state index in [1.54, 1.807) is 30.3 Å². The summed E-state index contributed by atoms with van der Waals surface area (Å²) in [7, 11) is 0. The molecule has 0 saturated carbocycles. The van der Waals surface area contributed by atoms with Crippen molar-refractivity contribution in [1.82, 2.24) is 5.43 Å². The molecule has 10 heteroatoms. The molecular formula is C27H25F3N4O3. The minimum atomic E-state index is -4.73. The van der Waals surface area contributed by atoms with Crippen molar-refractivity contribution in [3.05, 3.63) is 89.0 Å². The molecule has 0 bridgehead atoms. The van der Waals surface area contributed by atoms with Crippen LogP contribution >= 0.6 is 0 Å². The molecule has 0 atom stereocenters. The predicted octanol–water partition coefficient (Wildman–Crippen LogP) is 6.59. The van der Waals surface area contributed by atoms with Gasteiger partial charge in [0.05, 0.1) is 11.9 Å². The molecule has 3 aromatic rings. The van der Waals surface area contributed by atoms with E-state index in [0.29, 0.717) is 24.3 Å². The first-order valence-electron chi connectivity index (χ1n) is 11.6. The van der Waals surface area contributed by atoms with Gasteiger partial charge in [-0.1, -0.05) is 37.2 Å². The molecule has 2 N–H and O–H groups in total. The van der Waals surface area contributed by atoms with Crippen LogP contribution in [0.15, 0.2) is 77.0 Å². The third kappa shape index (κ3) is 7.09. The summed E-state index contributed by atoms with van der Waals surface area (Å²) in [6, 6.07) is 18.2. The second kappa shape index (κ2) is 11.2. The second-order valence-electron chi connectivity index (χ2n) is 8.63. The van der Waals surface area contributed by atoms with E-state index in [1.807, 2.05) is 24.3 Å². The maximum Gasteiger partial charge on any atom is 0.573 e. The number of alkyl halides is 3. The van der Waals surface area contributed by atoms with Gasteiger partial charge in [0.25, 0.3) is 0 Å². The standard InChI is InChI=1S/C27H25F3N4O3/c1-17(2)22-5-3-4-6-24(22)32-26(35)33-31-16-18-7-10-20(11-8-18)37-34-25-14-9-19-15-21(12-13-23(19)25)36-27(28,29)30/h3-8,10-13,15-17H,9,14H2,1-2H3,(H2,32,33,35)/b31-16+,34-25-. The van der Waals surface area contributed by atoms with E-state index in [0.717, 1.165) is 27.9 Å². The molecule has 0 radical (unpaired) electrons. The third-order valence-electron chi connectivity index (χ3n) is 5.60. The zero-order valence-electron chi connectivity index (χ0n) is 20.2. The zero-order chi connectivity index (χ0) is 26.4. The normalized spacial score (nSPS) is 14.2. The largest absolute Gasteiger partial charge is 0.573 e. The number of hydrazone groups is 1. The Balaban J connectivity index is 1.30. The molecule has 3 aromatic carbocycles. The summed E-state index contributed by atoms with van der Waals surface area (Å²) in [5, 5.41) is 10.9. The quantitative estimate of drug-likeness (QED) is 0.278. The number of urea groups is 1. The number of benzene rings is 3. The lowest BCUT2D eigenvalue weighted by Gasteiger charge is -2.12. The Morgan fingerprint density at radius 3 is 2.46 bits per heavy atom. The molecule has 0 fully saturated rings. The number of oxime groups is 1. The average Bonchev–Trinajstić information content (AvgIpc) is 3.25. The molecule has 7 nitrogen and oxygen atoms in total. The van der Waals surface area contributed by atoms with Gasteiger partial charge in [-0.05, 0) is 84.0 Å². The van der Waals surface area contributed by atoms with Gasteiger partial charge in [0, 0.05) is 11.3 Å². The van der Waals surface area contributed by atoms with Crippen molar-refractivity contribution in [3.63, 3.8) is 0 Å². The minimum Gasteiger partial charge on any atom is -0.406 e. The maximum atomic E-state index is 12.4. The maximum absolute atomic E-state index is 12.4. The van der Waals surface area contributed by atoms with Crippen LogP contribution in [-0.2, 0) is 6.42 Å². The van der Waals surface area contributed by atoms with Gasteiger partial charge in [-0.2, -0.15) is 5.10 Å². The highest BCUT2D eigenvalue weighted by Crippen LogP contribution is 2.30. The fourth-order valence-corrected chi connectivity index (χ4v) is 3.89. The molecular weight excluding hydrogens is 485 g/mol. The molecule has 0 aromatic heterocycles. The van der Waals surface area contributed by atoms with Crippen molar-refractivity contribution in [3.8, 4) is 11.5 Å². The number of fused-ring (bicyclic) bond motifs is 1. The van der Waals surface area contributed by atoms with Crippen molar-refractivity contribution in [1.29, 1.82) is 0 Å². The number of carbonyl (C=O) groups excluding carboxylic acids is 1. The number of hydrogen-bond donors (Lipinski definition) is 2. The van der Waals surface area contributed by atoms with Crippen LogP contribution in [0.25, 0.3) is 0 Å². The van der Waals surface area contributed by atoms with Gasteiger partial charge in [0.1, 0.15) is 5.75 Å². The molecule has 37 heavy (non-hydrogen) atoms. The van der Waals surface area contributed by atoms with Crippen molar-refractivity contribution in [2.24, 2.45) is 10.3 Å². The van der Waals surface area contributed by atoms with E-state index in [2.05, 4.69) is 39.6 Å². The molecule has 0 spiro atoms. The van der Waals surface area contributed by atoms with Crippen molar-refractivity contribution >= 4 is 23.6 Å². The predicted molar refractivity (Wildman–Crippen MR) is 135 cm³/mol. The van der Waals surface area contributed by atoms with E-state index >= 15 is 0 Å². The van der Waals surface area contributed by atoms with Gasteiger partial charge >= 0.3 is 12.4 Å². The van der Waals surface area contributed by atoms with Crippen LogP contribution in [0.4, 0.5) is 23.7 Å². The molecule has 0 heterocycles. The molecule has 0 saturated heterocycles. The van der Waals surface area contributed by atoms with E-state index in [9.17, 15) is 18.0 Å². The fourth-order valence-electron chi connectivity index (χ4n) is 3.89. The summed E-state index contributed by atoms with van der Waals surface area (Å²) in [6.07, 6.45) is -2.14. The van der Waals surface area contributed by atoms with Gasteiger partial charge < -0.3 is 14.9 Å². The van der Waals surface area contributed by atoms with Gasteiger partial charge in [-0.25, -0.2) is 10.2 Å². The van der Waals surface area contributed by atoms with Crippen LogP contribution in [0, 0.1) is 0 Å². The number of para-hydroxylation sites is 1. The third-order valence-corrected chi connectivity index (χ3v) is 5.60. The summed E-state index contributed by atoms with van der Waals surface area (Å²) in [5.74, 6) is 0.490. The number of amides is 2. The van der Waals surface area contributed by atoms with Crippen LogP contribution in [0.2, 0.25) is 0 Å². The SMILES string of the molecule is CC(C)c1ccccc1NC(=O)N/N=C/c1ccc(O/N=C2/CCc3cc(OC(F)(F)F)ccc32)cc1. The van der Waals surface area contributed by atoms with E-state index in [4.69, 9.17) is 4.84 Å². The van der Waals surface area contributed by atoms with E-state index in [1.165, 1.54) is 18.3 Å². The number of nitrogens with zero attached hydrogens (tertiary/aromatic N) is 2. The summed E-state index contributed by atoms with van der Waals surface area (Å²) in [4.78, 5) is 17.7. The van der Waals surface area contributed by atoms with Crippen LogP contribution < -0.4 is 20.3 Å². The highest BCUT2D eigenvalue weighted by atomic mass is 19.4. The first-order valence-corrected chi connectivity index (χ1v) is 11.6. The highest BCUT2D eigenvalue weighted by Gasteiger charge is 2.31. The number of aryl methyl sites for hydroxylation is 1. The van der Waals surface area contributed by atoms with E-state index < -0.39 is 12.4 Å². The Morgan fingerprint density at radius 1 is 1.00 bits per heavy atom. The van der Waals surface area contributed by atoms with Gasteiger partial charge in [-0.3, -0.25) is 0 Å². The Labute approximate surface area is 212 Å². The van der Waals surface area contributed by atoms with E-state index in [-0.39, 0.29) is 11.7 Å². The number of nitrogens with one attached hydrogen (secondary N) is 2. The van der Waals surface area contributed by atoms with Crippen LogP contribution in [-0.4, -0.2) is 24.3 Å². The lowest BCUT2D eigenvalue weighted by Crippen LogP contribution is -2.24. The minimum absolute atomic E-state index is 0.252. The molecule has 192 valence electrons. The number of halogens is 3. The monoisotopic (exact) mass is 510 g/mol. The average molecular weight is 511 g/mol. The zero-order valence-corrected chi connectivity index (χ0v) is 20.2. The first kappa shape index (κ1) is 25.7. The van der Waals surface area contributed by atoms with Gasteiger partial charge in [-0.15, -0.1) is 13.2 Å². The van der Waals surface area contributed by atoms with Crippen molar-refractivity contribution < 1.29 is 27.5 Å². The highest BCUT2D eigenvalue weighted by molar-refractivity contribution is 6.04. The second-order valence-corrected chi connectivity index (χ2v) is 8.63. The summed E-state index contributed by atoms with van der Waals surface area (Å²) in [5.41, 5.74) is 7.03. The number of rotatable bonds is 7. The molecule has 0 unspecified atom stereocenters. The topological polar surface area (TPSA) is 84.3 Å². The van der Waals surface area contributed by atoms with Crippen LogP contribution in [0.1, 0.15) is 48.4 Å². The number of hydrogen-bond acceptors (Lipinski definition) is 5. The Morgan fingerprint density at radius 2 is 1.73 bits per heavy atom. The Kier molecular flexibility index (Phi) is 7.76. The smallest absolute Gasteiger partial charge is 0.406 e. The number of ether oxygens (including phenoxy) is 1. The Bertz CT molecular complexity index is 1320. The molecule has 4 rings (SSSR count). The van der Waals surface area contributed by atoms with Gasteiger partial charge in [0.15, 0.2) is 5.75 Å². The molecule has 1 aliphatic rings. The number of anilines is 1. The lowest BCUT2D eigenvalue weighted by molar-refractivity contribution is -0.274. The fraction of sp³-hybridized carbons (Fsp3) is 0.222. The Hall–Kier alpha value is -4.34. The number of carbonyl (C=O) groups is 1. The van der Waals surface area contributed by atoms with Crippen molar-refractivity contribution in [2.75, 3.05) is 5.32 Å². The van der Waals surface area contributed by atoms with Crippen molar-refractivity contribution in [2.45, 2.75) is 39.0 Å². The lowest BCUT2D eigenvalue weighted by atomic mass is 10.0. The van der Waals surface area contributed by atoms with Crippen LogP contribution in [0.5, 0.6) is 11.5 Å². The summed E-state index contributed by atoms with van der Waals surface area (Å²) < 4.78 is 41.3. The summed E-state index contributed by atoms with van der Waals surface area (Å²) >= 11 is 0.